The molecule has 0 fully saturated rings. The summed E-state index contributed by atoms with van der Waals surface area (Å²) in [5.41, 5.74) is -2.50. The summed E-state index contributed by atoms with van der Waals surface area (Å²) in [6.07, 6.45) is 0.781. The zero-order valence-corrected chi connectivity index (χ0v) is 11.6. The summed E-state index contributed by atoms with van der Waals surface area (Å²) in [5.74, 6) is -0.869. The van der Waals surface area contributed by atoms with Gasteiger partial charge in [-0.05, 0) is 0 Å². The third kappa shape index (κ3) is 1.88. The second-order valence-corrected chi connectivity index (χ2v) is 5.85. The highest BCUT2D eigenvalue weighted by atomic mass is 32.2. The van der Waals surface area contributed by atoms with Gasteiger partial charge < -0.3 is 0 Å². The third-order valence-corrected chi connectivity index (χ3v) is 4.74. The number of ketones is 1. The van der Waals surface area contributed by atoms with Gasteiger partial charge in [0, 0.05) is 23.3 Å². The summed E-state index contributed by atoms with van der Waals surface area (Å²) in [7, 11) is -2.38. The minimum absolute atomic E-state index is 0.311. The van der Waals surface area contributed by atoms with E-state index in [-0.39, 0.29) is 21.6 Å². The van der Waals surface area contributed by atoms with Gasteiger partial charge >= 0.3 is 5.03 Å². The Balaban J connectivity index is 2.31. The Morgan fingerprint density at radius 2 is 1.61 bits per heavy atom. The van der Waals surface area contributed by atoms with Crippen molar-refractivity contribution in [3.05, 3.63) is 70.3 Å². The molecule has 3 rings (SSSR count). The van der Waals surface area contributed by atoms with E-state index in [0.29, 0.717) is 6.07 Å². The van der Waals surface area contributed by atoms with Crippen molar-refractivity contribution in [2.24, 2.45) is 0 Å². The van der Waals surface area contributed by atoms with Gasteiger partial charge in [-0.3, -0.25) is 35.1 Å². The van der Waals surface area contributed by atoms with Gasteiger partial charge in [0.15, 0.2) is 16.6 Å². The van der Waals surface area contributed by atoms with E-state index in [0.717, 1.165) is 12.1 Å². The van der Waals surface area contributed by atoms with E-state index in [2.05, 4.69) is 0 Å². The molecule has 2 aliphatic rings. The minimum Gasteiger partial charge on any atom is -0.289 e. The number of rotatable bonds is 3. The second-order valence-electron chi connectivity index (χ2n) is 4.48. The molecule has 116 valence electrons. The van der Waals surface area contributed by atoms with Crippen LogP contribution in [-0.2, 0) is 10.8 Å². The van der Waals surface area contributed by atoms with Crippen LogP contribution in [0.3, 0.4) is 0 Å². The lowest BCUT2D eigenvalue weighted by molar-refractivity contribution is -0.410. The van der Waals surface area contributed by atoms with Crippen LogP contribution in [0.5, 0.6) is 0 Å². The number of nitrogens with zero attached hydrogens (tertiary/aromatic N) is 3. The monoisotopic (exact) mass is 337 g/mol. The van der Waals surface area contributed by atoms with Crippen molar-refractivity contribution >= 4 is 32.9 Å². The number of hydrogen-bond acceptors (Lipinski definition) is 8. The molecule has 1 heterocycles. The molecular formula is C11H3N3O8S. The molecule has 0 bridgehead atoms. The van der Waals surface area contributed by atoms with E-state index >= 15 is 0 Å². The van der Waals surface area contributed by atoms with Crippen LogP contribution in [0.25, 0.3) is 4.91 Å². The van der Waals surface area contributed by atoms with Crippen molar-refractivity contribution < 1.29 is 23.8 Å². The zero-order chi connectivity index (χ0) is 17.0. The zero-order valence-electron chi connectivity index (χ0n) is 10.7. The normalized spacial score (nSPS) is 18.5. The smallest absolute Gasteiger partial charge is 0.289 e. The average Bonchev–Trinajstić information content (AvgIpc) is 2.95. The number of non-ortho nitro benzene ring substituents is 1. The third-order valence-electron chi connectivity index (χ3n) is 3.29. The summed E-state index contributed by atoms with van der Waals surface area (Å²) in [6, 6.07) is 1.46. The predicted octanol–water partition coefficient (Wildman–Crippen LogP) is 1.29. The first-order valence-corrected chi connectivity index (χ1v) is 6.93. The van der Waals surface area contributed by atoms with Crippen LogP contribution in [0.15, 0.2) is 28.8 Å². The Hall–Kier alpha value is -3.28. The molecule has 0 saturated heterocycles. The van der Waals surface area contributed by atoms with E-state index in [4.69, 9.17) is 0 Å². The topological polar surface area (TPSA) is 164 Å². The molecule has 0 saturated carbocycles. The van der Waals surface area contributed by atoms with Crippen LogP contribution in [0, 0.1) is 30.3 Å². The van der Waals surface area contributed by atoms with Crippen molar-refractivity contribution in [3.8, 4) is 0 Å². The summed E-state index contributed by atoms with van der Waals surface area (Å²) < 4.78 is 12.2. The number of nitro benzene ring substituents is 2. The molecule has 1 aliphatic heterocycles. The minimum atomic E-state index is -2.38. The van der Waals surface area contributed by atoms with Gasteiger partial charge in [-0.2, -0.15) is 0 Å². The Kier molecular flexibility index (Phi) is 2.93. The largest absolute Gasteiger partial charge is 0.338 e. The Labute approximate surface area is 127 Å². The molecule has 0 radical (unpaired) electrons. The Morgan fingerprint density at radius 3 is 2.13 bits per heavy atom. The first-order chi connectivity index (χ1) is 10.7. The molecule has 0 spiro atoms. The lowest BCUT2D eigenvalue weighted by Crippen LogP contribution is -2.07. The second kappa shape index (κ2) is 4.61. The molecule has 0 N–H and O–H groups in total. The van der Waals surface area contributed by atoms with Gasteiger partial charge in [-0.25, -0.2) is 4.21 Å². The van der Waals surface area contributed by atoms with Gasteiger partial charge in [0.05, 0.1) is 31.3 Å². The standard InChI is InChI=1S/C11H3N3O8S/c15-10-5-1-4(12(16)17)2-7(13(18)19)9(5)11-6(10)3-8(14(20)21)23(11)22/h1-3H. The number of carbonyl (C=O) groups excluding carboxylic acids is 1. The van der Waals surface area contributed by atoms with Gasteiger partial charge in [-0.15, -0.1) is 0 Å². The SMILES string of the molecule is O=C1C2=C(c3c1cc([N+](=O)[O-])cc3[N+](=O)[O-])S(=O)C([N+](=O)[O-])=C2. The summed E-state index contributed by atoms with van der Waals surface area (Å²) in [6.45, 7) is 0. The molecule has 12 heteroatoms. The lowest BCUT2D eigenvalue weighted by atomic mass is 10.1. The van der Waals surface area contributed by atoms with E-state index in [9.17, 15) is 39.3 Å². The van der Waals surface area contributed by atoms with Crippen LogP contribution >= 0.6 is 0 Å². The molecule has 1 aromatic carbocycles. The van der Waals surface area contributed by atoms with E-state index in [1.54, 1.807) is 0 Å². The first kappa shape index (κ1) is 14.6. The van der Waals surface area contributed by atoms with Gasteiger partial charge in [0.1, 0.15) is 0 Å². The lowest BCUT2D eigenvalue weighted by Gasteiger charge is -2.04. The fraction of sp³-hybridized carbons (Fsp3) is 0. The van der Waals surface area contributed by atoms with Crippen LogP contribution < -0.4 is 0 Å². The fourth-order valence-corrected chi connectivity index (χ4v) is 3.71. The van der Waals surface area contributed by atoms with Crippen molar-refractivity contribution in [1.82, 2.24) is 0 Å². The number of nitro groups is 3. The highest BCUT2D eigenvalue weighted by Gasteiger charge is 2.46. The number of benzene rings is 1. The van der Waals surface area contributed by atoms with Crippen molar-refractivity contribution in [1.29, 1.82) is 0 Å². The maximum Gasteiger partial charge on any atom is 0.338 e. The Bertz CT molecular complexity index is 945. The van der Waals surface area contributed by atoms with Gasteiger partial charge in [0.2, 0.25) is 0 Å². The van der Waals surface area contributed by atoms with E-state index in [1.807, 2.05) is 0 Å². The van der Waals surface area contributed by atoms with Gasteiger partial charge in [-0.1, -0.05) is 0 Å². The molecule has 1 aliphatic carbocycles. The molecule has 1 unspecified atom stereocenters. The first-order valence-electron chi connectivity index (χ1n) is 5.78. The maximum absolute atomic E-state index is 12.2. The number of allylic oxidation sites excluding steroid dienone is 2. The molecular weight excluding hydrogens is 334 g/mol. The van der Waals surface area contributed by atoms with Crippen molar-refractivity contribution in [2.75, 3.05) is 0 Å². The molecule has 0 amide bonds. The fourth-order valence-electron chi connectivity index (χ4n) is 2.39. The van der Waals surface area contributed by atoms with Gasteiger partial charge in [0.25, 0.3) is 11.4 Å². The summed E-state index contributed by atoms with van der Waals surface area (Å²) in [4.78, 5) is 41.9. The quantitative estimate of drug-likeness (QED) is 0.588. The predicted molar refractivity (Wildman–Crippen MR) is 74.2 cm³/mol. The van der Waals surface area contributed by atoms with E-state index < -0.39 is 47.8 Å². The molecule has 1 aromatic rings. The number of carbonyl (C=O) groups is 1. The van der Waals surface area contributed by atoms with Crippen molar-refractivity contribution in [3.63, 3.8) is 0 Å². The van der Waals surface area contributed by atoms with Crippen LogP contribution in [0.4, 0.5) is 11.4 Å². The molecule has 0 aromatic heterocycles. The van der Waals surface area contributed by atoms with Crippen LogP contribution in [0.1, 0.15) is 15.9 Å². The number of Topliss-reactive ketones (excluding diaryl/α,β-unsaturated/α-hetero) is 1. The number of fused-ring (bicyclic) bond motifs is 2. The Morgan fingerprint density at radius 1 is 0.957 bits per heavy atom. The molecule has 23 heavy (non-hydrogen) atoms. The van der Waals surface area contributed by atoms with E-state index in [1.165, 1.54) is 0 Å². The highest BCUT2D eigenvalue weighted by molar-refractivity contribution is 7.98. The summed E-state index contributed by atoms with van der Waals surface area (Å²) in [5, 5.41) is 32.0. The highest BCUT2D eigenvalue weighted by Crippen LogP contribution is 2.47. The molecule has 11 nitrogen and oxygen atoms in total. The summed E-state index contributed by atoms with van der Waals surface area (Å²) >= 11 is 0. The average molecular weight is 337 g/mol. The molecule has 1 atom stereocenters. The van der Waals surface area contributed by atoms with Crippen LogP contribution in [0.2, 0.25) is 0 Å². The maximum atomic E-state index is 12.2. The number of hydrogen-bond donors (Lipinski definition) is 0. The van der Waals surface area contributed by atoms with Crippen LogP contribution in [-0.4, -0.2) is 24.8 Å². The van der Waals surface area contributed by atoms with Crippen molar-refractivity contribution in [2.45, 2.75) is 0 Å².